The Morgan fingerprint density at radius 3 is 2.46 bits per heavy atom. The van der Waals surface area contributed by atoms with Crippen LogP contribution in [0.1, 0.15) is 39.2 Å². The molecule has 0 aliphatic carbocycles. The molecule has 136 valence electrons. The van der Waals surface area contributed by atoms with Crippen LogP contribution in [0.2, 0.25) is 5.02 Å². The summed E-state index contributed by atoms with van der Waals surface area (Å²) in [5, 5.41) is 3.40. The van der Waals surface area contributed by atoms with Crippen LogP contribution in [0.15, 0.2) is 18.2 Å². The van der Waals surface area contributed by atoms with Crippen molar-refractivity contribution < 1.29 is 13.2 Å². The Kier molecular flexibility index (Phi) is 7.55. The molecule has 7 heteroatoms. The van der Waals surface area contributed by atoms with E-state index in [4.69, 9.17) is 11.6 Å². The van der Waals surface area contributed by atoms with Gasteiger partial charge in [0.2, 0.25) is 15.9 Å². The molecule has 1 amide bonds. The fourth-order valence-corrected chi connectivity index (χ4v) is 3.37. The van der Waals surface area contributed by atoms with Gasteiger partial charge in [-0.05, 0) is 43.9 Å². The number of nitrogens with one attached hydrogen (secondary N) is 1. The van der Waals surface area contributed by atoms with E-state index in [2.05, 4.69) is 5.32 Å². The Hall–Kier alpha value is -1.27. The summed E-state index contributed by atoms with van der Waals surface area (Å²) in [6.07, 6.45) is 1.88. The van der Waals surface area contributed by atoms with Gasteiger partial charge in [-0.3, -0.25) is 9.10 Å². The van der Waals surface area contributed by atoms with Gasteiger partial charge in [0.15, 0.2) is 0 Å². The number of amides is 1. The van der Waals surface area contributed by atoms with E-state index in [1.165, 1.54) is 4.31 Å². The van der Waals surface area contributed by atoms with Crippen molar-refractivity contribution in [2.75, 3.05) is 17.1 Å². The summed E-state index contributed by atoms with van der Waals surface area (Å²) < 4.78 is 25.6. The standard InChI is InChI=1S/C17H27ClN2O3S/c1-12(2)14(4)19-17(21)7-6-10-20(24(5,22)23)16-11-15(18)9-8-13(16)3/h8-9,11-12,14H,6-7,10H2,1-5H3,(H,19,21)/t14-/m1/s1. The number of carbonyl (C=O) groups is 1. The smallest absolute Gasteiger partial charge is 0.232 e. The minimum absolute atomic E-state index is 0.0625. The molecule has 0 unspecified atom stereocenters. The zero-order valence-corrected chi connectivity index (χ0v) is 16.5. The van der Waals surface area contributed by atoms with Crippen molar-refractivity contribution in [3.05, 3.63) is 28.8 Å². The summed E-state index contributed by atoms with van der Waals surface area (Å²) in [6, 6.07) is 5.24. The Morgan fingerprint density at radius 2 is 1.92 bits per heavy atom. The maximum absolute atomic E-state index is 12.1. The maximum atomic E-state index is 12.1. The van der Waals surface area contributed by atoms with Gasteiger partial charge in [0, 0.05) is 24.0 Å². The third kappa shape index (κ3) is 6.32. The monoisotopic (exact) mass is 374 g/mol. The van der Waals surface area contributed by atoms with Crippen LogP contribution < -0.4 is 9.62 Å². The van der Waals surface area contributed by atoms with Gasteiger partial charge in [0.05, 0.1) is 11.9 Å². The van der Waals surface area contributed by atoms with E-state index < -0.39 is 10.0 Å². The SMILES string of the molecule is Cc1ccc(Cl)cc1N(CCCC(=O)N[C@H](C)C(C)C)S(C)(=O)=O. The van der Waals surface area contributed by atoms with Crippen LogP contribution in [-0.4, -0.2) is 33.2 Å². The molecule has 1 atom stereocenters. The molecule has 0 spiro atoms. The second-order valence-electron chi connectivity index (χ2n) is 6.47. The summed E-state index contributed by atoms with van der Waals surface area (Å²) in [5.74, 6) is 0.294. The zero-order valence-electron chi connectivity index (χ0n) is 15.0. The fourth-order valence-electron chi connectivity index (χ4n) is 2.19. The third-order valence-corrected chi connectivity index (χ3v) is 5.41. The summed E-state index contributed by atoms with van der Waals surface area (Å²) in [4.78, 5) is 11.9. The van der Waals surface area contributed by atoms with Crippen molar-refractivity contribution >= 4 is 33.2 Å². The zero-order chi connectivity index (χ0) is 18.5. The van der Waals surface area contributed by atoms with E-state index in [1.54, 1.807) is 18.2 Å². The van der Waals surface area contributed by atoms with Gasteiger partial charge < -0.3 is 5.32 Å². The fraction of sp³-hybridized carbons (Fsp3) is 0.588. The number of hydrogen-bond acceptors (Lipinski definition) is 3. The van der Waals surface area contributed by atoms with Crippen LogP contribution in [0.3, 0.4) is 0 Å². The second kappa shape index (κ2) is 8.72. The molecule has 0 saturated heterocycles. The first-order chi connectivity index (χ1) is 11.0. The van der Waals surface area contributed by atoms with Crippen molar-refractivity contribution in [3.8, 4) is 0 Å². The average molecular weight is 375 g/mol. The van der Waals surface area contributed by atoms with Crippen LogP contribution in [0, 0.1) is 12.8 Å². The van der Waals surface area contributed by atoms with Crippen LogP contribution in [0.4, 0.5) is 5.69 Å². The molecule has 0 aliphatic heterocycles. The van der Waals surface area contributed by atoms with Gasteiger partial charge in [-0.25, -0.2) is 8.42 Å². The highest BCUT2D eigenvalue weighted by atomic mass is 35.5. The molecule has 0 aromatic heterocycles. The van der Waals surface area contributed by atoms with Crippen molar-refractivity contribution in [2.24, 2.45) is 5.92 Å². The molecule has 1 rings (SSSR count). The van der Waals surface area contributed by atoms with Gasteiger partial charge >= 0.3 is 0 Å². The lowest BCUT2D eigenvalue weighted by atomic mass is 10.1. The van der Waals surface area contributed by atoms with E-state index in [1.807, 2.05) is 27.7 Å². The second-order valence-corrected chi connectivity index (χ2v) is 8.81. The van der Waals surface area contributed by atoms with Crippen LogP contribution in [0.5, 0.6) is 0 Å². The predicted molar refractivity (Wildman–Crippen MR) is 100 cm³/mol. The Bertz CT molecular complexity index is 674. The molecule has 1 aromatic rings. The lowest BCUT2D eigenvalue weighted by Gasteiger charge is -2.24. The van der Waals surface area contributed by atoms with Gasteiger partial charge in [-0.2, -0.15) is 0 Å². The molecule has 0 saturated carbocycles. The minimum atomic E-state index is -3.45. The van der Waals surface area contributed by atoms with Gasteiger partial charge in [0.25, 0.3) is 0 Å². The molecular formula is C17H27ClN2O3S. The quantitative estimate of drug-likeness (QED) is 0.758. The Balaban J connectivity index is 2.76. The lowest BCUT2D eigenvalue weighted by molar-refractivity contribution is -0.122. The first-order valence-corrected chi connectivity index (χ1v) is 10.3. The Morgan fingerprint density at radius 1 is 1.29 bits per heavy atom. The number of hydrogen-bond donors (Lipinski definition) is 1. The van der Waals surface area contributed by atoms with Gasteiger partial charge in [-0.15, -0.1) is 0 Å². The summed E-state index contributed by atoms with van der Waals surface area (Å²) in [7, 11) is -3.45. The van der Waals surface area contributed by atoms with E-state index in [0.29, 0.717) is 23.0 Å². The van der Waals surface area contributed by atoms with Crippen molar-refractivity contribution in [1.82, 2.24) is 5.32 Å². The molecule has 1 N–H and O–H groups in total. The van der Waals surface area contributed by atoms with Crippen LogP contribution >= 0.6 is 11.6 Å². The van der Waals surface area contributed by atoms with E-state index in [9.17, 15) is 13.2 Å². The topological polar surface area (TPSA) is 66.5 Å². The molecule has 0 fully saturated rings. The largest absolute Gasteiger partial charge is 0.353 e. The molecule has 5 nitrogen and oxygen atoms in total. The number of carbonyl (C=O) groups excluding carboxylic acids is 1. The summed E-state index contributed by atoms with van der Waals surface area (Å²) in [5.41, 5.74) is 1.38. The highest BCUT2D eigenvalue weighted by Gasteiger charge is 2.20. The highest BCUT2D eigenvalue weighted by molar-refractivity contribution is 7.92. The number of sulfonamides is 1. The van der Waals surface area contributed by atoms with Crippen LogP contribution in [-0.2, 0) is 14.8 Å². The van der Waals surface area contributed by atoms with Gasteiger partial charge in [-0.1, -0.05) is 31.5 Å². The first kappa shape index (κ1) is 20.8. The number of anilines is 1. The van der Waals surface area contributed by atoms with E-state index >= 15 is 0 Å². The Labute approximate surface area is 150 Å². The van der Waals surface area contributed by atoms with E-state index in [0.717, 1.165) is 11.8 Å². The summed E-state index contributed by atoms with van der Waals surface area (Å²) in [6.45, 7) is 8.11. The maximum Gasteiger partial charge on any atom is 0.232 e. The molecule has 24 heavy (non-hydrogen) atoms. The molecular weight excluding hydrogens is 348 g/mol. The number of nitrogens with zero attached hydrogens (tertiary/aromatic N) is 1. The number of aryl methyl sites for hydroxylation is 1. The molecule has 0 bridgehead atoms. The van der Waals surface area contributed by atoms with Crippen LogP contribution in [0.25, 0.3) is 0 Å². The lowest BCUT2D eigenvalue weighted by Crippen LogP contribution is -2.37. The van der Waals surface area contributed by atoms with Crippen molar-refractivity contribution in [3.63, 3.8) is 0 Å². The average Bonchev–Trinajstić information content (AvgIpc) is 2.45. The molecule has 0 heterocycles. The summed E-state index contributed by atoms with van der Waals surface area (Å²) >= 11 is 6.00. The van der Waals surface area contributed by atoms with Crippen molar-refractivity contribution in [1.29, 1.82) is 0 Å². The first-order valence-electron chi connectivity index (χ1n) is 8.05. The molecule has 0 aliphatic rings. The van der Waals surface area contributed by atoms with Crippen molar-refractivity contribution in [2.45, 2.75) is 46.6 Å². The molecule has 1 aromatic carbocycles. The van der Waals surface area contributed by atoms with Gasteiger partial charge in [0.1, 0.15) is 0 Å². The minimum Gasteiger partial charge on any atom is -0.353 e. The highest BCUT2D eigenvalue weighted by Crippen LogP contribution is 2.26. The predicted octanol–water partition coefficient (Wildman–Crippen LogP) is 3.36. The number of benzene rings is 1. The number of halogens is 1. The molecule has 0 radical (unpaired) electrons. The third-order valence-electron chi connectivity index (χ3n) is 3.99. The normalized spacial score (nSPS) is 13.0. The number of rotatable bonds is 8. The van der Waals surface area contributed by atoms with E-state index in [-0.39, 0.29) is 24.9 Å².